The van der Waals surface area contributed by atoms with Crippen molar-refractivity contribution in [1.29, 1.82) is 0 Å². The van der Waals surface area contributed by atoms with Crippen LogP contribution in [0.4, 0.5) is 0 Å². The molecule has 0 aliphatic rings. The first-order valence-corrected chi connectivity index (χ1v) is 9.63. The molecule has 0 spiro atoms. The zero-order valence-corrected chi connectivity index (χ0v) is 16.8. The summed E-state index contributed by atoms with van der Waals surface area (Å²) in [5.41, 5.74) is 3.28. The molecule has 1 aromatic heterocycles. The van der Waals surface area contributed by atoms with Gasteiger partial charge in [0.15, 0.2) is 0 Å². The second-order valence-corrected chi connectivity index (χ2v) is 6.85. The van der Waals surface area contributed by atoms with Gasteiger partial charge in [0.1, 0.15) is 12.4 Å². The number of aromatic nitrogens is 2. The smallest absolute Gasteiger partial charge is 0.251 e. The predicted molar refractivity (Wildman–Crippen MR) is 112 cm³/mol. The molecule has 7 heteroatoms. The summed E-state index contributed by atoms with van der Waals surface area (Å²) in [4.78, 5) is 29.5. The number of carbonyl (C=O) groups excluding carboxylic acids is 2. The van der Waals surface area contributed by atoms with Crippen LogP contribution in [0.5, 0.6) is 0 Å². The third kappa shape index (κ3) is 5.42. The molecule has 29 heavy (non-hydrogen) atoms. The highest BCUT2D eigenvalue weighted by Gasteiger charge is 2.15. The van der Waals surface area contributed by atoms with E-state index in [0.29, 0.717) is 24.5 Å². The van der Waals surface area contributed by atoms with Gasteiger partial charge in [-0.1, -0.05) is 29.8 Å². The summed E-state index contributed by atoms with van der Waals surface area (Å²) >= 11 is 0. The third-order valence-corrected chi connectivity index (χ3v) is 4.57. The molecule has 7 nitrogen and oxygen atoms in total. The molecule has 0 fully saturated rings. The van der Waals surface area contributed by atoms with E-state index in [0.717, 1.165) is 23.0 Å². The van der Waals surface area contributed by atoms with Crippen LogP contribution in [0.25, 0.3) is 11.0 Å². The number of rotatable bonds is 9. The van der Waals surface area contributed by atoms with Crippen molar-refractivity contribution in [2.45, 2.75) is 26.4 Å². The molecule has 2 aromatic carbocycles. The van der Waals surface area contributed by atoms with Crippen LogP contribution >= 0.6 is 0 Å². The van der Waals surface area contributed by atoms with Crippen LogP contribution < -0.4 is 10.6 Å². The number of imidazole rings is 1. The van der Waals surface area contributed by atoms with Crippen LogP contribution in [0.1, 0.15) is 28.2 Å². The number of ether oxygens (including phenoxy) is 1. The molecule has 0 unspecified atom stereocenters. The summed E-state index contributed by atoms with van der Waals surface area (Å²) in [6.45, 7) is 3.48. The van der Waals surface area contributed by atoms with E-state index in [4.69, 9.17) is 4.74 Å². The molecule has 0 atom stereocenters. The molecule has 2 N–H and O–H groups in total. The van der Waals surface area contributed by atoms with Gasteiger partial charge >= 0.3 is 0 Å². The molecular weight excluding hydrogens is 368 g/mol. The van der Waals surface area contributed by atoms with Gasteiger partial charge in [-0.2, -0.15) is 0 Å². The summed E-state index contributed by atoms with van der Waals surface area (Å²) in [7, 11) is 1.64. The summed E-state index contributed by atoms with van der Waals surface area (Å²) < 4.78 is 6.84. The maximum Gasteiger partial charge on any atom is 0.251 e. The number of benzene rings is 2. The topological polar surface area (TPSA) is 85.2 Å². The Morgan fingerprint density at radius 3 is 2.72 bits per heavy atom. The van der Waals surface area contributed by atoms with Gasteiger partial charge in [-0.15, -0.1) is 0 Å². The molecule has 152 valence electrons. The van der Waals surface area contributed by atoms with Gasteiger partial charge in [0.25, 0.3) is 5.91 Å². The summed E-state index contributed by atoms with van der Waals surface area (Å²) in [6.07, 6.45) is 0.756. The van der Waals surface area contributed by atoms with Crippen molar-refractivity contribution in [3.05, 3.63) is 65.5 Å². The lowest BCUT2D eigenvalue weighted by molar-refractivity contribution is -0.121. The Labute approximate surface area is 170 Å². The van der Waals surface area contributed by atoms with Gasteiger partial charge in [0.05, 0.1) is 17.6 Å². The van der Waals surface area contributed by atoms with E-state index in [1.165, 1.54) is 0 Å². The van der Waals surface area contributed by atoms with Gasteiger partial charge in [-0.05, 0) is 37.6 Å². The standard InChI is InChI=1S/C22H26N4O3/c1-16-7-5-8-17(13-16)22(28)24-14-20-25-18-9-3-4-10-19(18)26(20)15-21(27)23-11-6-12-29-2/h3-5,7-10,13H,6,11-12,14-15H2,1-2H3,(H,23,27)(H,24,28). The minimum atomic E-state index is -0.170. The number of hydrogen-bond donors (Lipinski definition) is 2. The van der Waals surface area contributed by atoms with Gasteiger partial charge in [0, 0.05) is 25.8 Å². The highest BCUT2D eigenvalue weighted by atomic mass is 16.5. The van der Waals surface area contributed by atoms with Crippen LogP contribution in [-0.4, -0.2) is 41.6 Å². The van der Waals surface area contributed by atoms with Crippen LogP contribution in [0, 0.1) is 6.92 Å². The molecule has 2 amide bonds. The molecule has 0 bridgehead atoms. The Hall–Kier alpha value is -3.19. The minimum Gasteiger partial charge on any atom is -0.385 e. The maximum absolute atomic E-state index is 12.5. The Morgan fingerprint density at radius 2 is 1.93 bits per heavy atom. The van der Waals surface area contributed by atoms with Crippen LogP contribution in [-0.2, 0) is 22.6 Å². The van der Waals surface area contributed by atoms with Crippen molar-refractivity contribution in [1.82, 2.24) is 20.2 Å². The molecule has 0 saturated heterocycles. The van der Waals surface area contributed by atoms with E-state index in [-0.39, 0.29) is 24.9 Å². The number of nitrogens with one attached hydrogen (secondary N) is 2. The highest BCUT2D eigenvalue weighted by molar-refractivity contribution is 5.94. The first-order valence-electron chi connectivity index (χ1n) is 9.63. The molecular formula is C22H26N4O3. The lowest BCUT2D eigenvalue weighted by atomic mass is 10.1. The van der Waals surface area contributed by atoms with Crippen LogP contribution in [0.2, 0.25) is 0 Å². The van der Waals surface area contributed by atoms with E-state index >= 15 is 0 Å². The van der Waals surface area contributed by atoms with Crippen LogP contribution in [0.15, 0.2) is 48.5 Å². The zero-order chi connectivity index (χ0) is 20.6. The monoisotopic (exact) mass is 394 g/mol. The van der Waals surface area contributed by atoms with Gasteiger partial charge in [-0.25, -0.2) is 4.98 Å². The number of para-hydroxylation sites is 2. The van der Waals surface area contributed by atoms with E-state index in [1.807, 2.05) is 54.0 Å². The first kappa shape index (κ1) is 20.5. The normalized spacial score (nSPS) is 10.8. The van der Waals surface area contributed by atoms with E-state index in [9.17, 15) is 9.59 Å². The number of methoxy groups -OCH3 is 1. The molecule has 3 aromatic rings. The molecule has 1 heterocycles. The van der Waals surface area contributed by atoms with Crippen molar-refractivity contribution < 1.29 is 14.3 Å². The molecule has 0 radical (unpaired) electrons. The summed E-state index contributed by atoms with van der Waals surface area (Å²) in [5, 5.41) is 5.80. The lowest BCUT2D eigenvalue weighted by Crippen LogP contribution is -2.31. The number of nitrogens with zero attached hydrogens (tertiary/aromatic N) is 2. The Kier molecular flexibility index (Phi) is 6.97. The fraction of sp³-hybridized carbons (Fsp3) is 0.318. The quantitative estimate of drug-likeness (QED) is 0.546. The highest BCUT2D eigenvalue weighted by Crippen LogP contribution is 2.16. The maximum atomic E-state index is 12.5. The molecule has 0 saturated carbocycles. The lowest BCUT2D eigenvalue weighted by Gasteiger charge is -2.11. The summed E-state index contributed by atoms with van der Waals surface area (Å²) in [5.74, 6) is 0.367. The Bertz CT molecular complexity index is 997. The first-order chi connectivity index (χ1) is 14.1. The number of aryl methyl sites for hydroxylation is 1. The third-order valence-electron chi connectivity index (χ3n) is 4.57. The van der Waals surface area contributed by atoms with Crippen molar-refractivity contribution in [2.75, 3.05) is 20.3 Å². The Morgan fingerprint density at radius 1 is 1.10 bits per heavy atom. The SMILES string of the molecule is COCCCNC(=O)Cn1c(CNC(=O)c2cccc(C)c2)nc2ccccc21. The fourth-order valence-corrected chi connectivity index (χ4v) is 3.13. The van der Waals surface area contributed by atoms with Crippen molar-refractivity contribution in [2.24, 2.45) is 0 Å². The number of fused-ring (bicyclic) bond motifs is 1. The average molecular weight is 394 g/mol. The Balaban J connectivity index is 1.72. The zero-order valence-electron chi connectivity index (χ0n) is 16.8. The number of carbonyl (C=O) groups is 2. The van der Waals surface area contributed by atoms with Gasteiger partial charge < -0.3 is 19.9 Å². The number of amides is 2. The largest absolute Gasteiger partial charge is 0.385 e. The van der Waals surface area contributed by atoms with Crippen molar-refractivity contribution in [3.63, 3.8) is 0 Å². The number of hydrogen-bond acceptors (Lipinski definition) is 4. The molecule has 0 aliphatic carbocycles. The van der Waals surface area contributed by atoms with Crippen molar-refractivity contribution in [3.8, 4) is 0 Å². The summed E-state index contributed by atoms with van der Waals surface area (Å²) in [6, 6.07) is 15.0. The second kappa shape index (κ2) is 9.84. The van der Waals surface area contributed by atoms with E-state index in [2.05, 4.69) is 15.6 Å². The van der Waals surface area contributed by atoms with Crippen LogP contribution in [0.3, 0.4) is 0 Å². The van der Waals surface area contributed by atoms with Crippen molar-refractivity contribution >= 4 is 22.8 Å². The minimum absolute atomic E-state index is 0.101. The predicted octanol–water partition coefficient (Wildman–Crippen LogP) is 2.43. The van der Waals surface area contributed by atoms with Gasteiger partial charge in [0.2, 0.25) is 5.91 Å². The molecule has 0 aliphatic heterocycles. The fourth-order valence-electron chi connectivity index (χ4n) is 3.13. The average Bonchev–Trinajstić information content (AvgIpc) is 3.07. The second-order valence-electron chi connectivity index (χ2n) is 6.85. The van der Waals surface area contributed by atoms with E-state index < -0.39 is 0 Å². The van der Waals surface area contributed by atoms with Gasteiger partial charge in [-0.3, -0.25) is 9.59 Å². The molecule has 3 rings (SSSR count). The van der Waals surface area contributed by atoms with E-state index in [1.54, 1.807) is 13.2 Å².